The average Bonchev–Trinajstić information content (AvgIpc) is 2.82. The van der Waals surface area contributed by atoms with E-state index in [0.29, 0.717) is 11.6 Å². The zero-order chi connectivity index (χ0) is 17.6. The van der Waals surface area contributed by atoms with E-state index in [2.05, 4.69) is 38.8 Å². The molecule has 2 aromatic rings. The fourth-order valence-electron chi connectivity index (χ4n) is 3.16. The van der Waals surface area contributed by atoms with Gasteiger partial charge in [-0.05, 0) is 42.5 Å². The third-order valence-corrected chi connectivity index (χ3v) is 4.42. The molecule has 0 amide bonds. The quantitative estimate of drug-likeness (QED) is 0.497. The van der Waals surface area contributed by atoms with Gasteiger partial charge in [-0.2, -0.15) is 0 Å². The Kier molecular flexibility index (Phi) is 5.40. The van der Waals surface area contributed by atoms with Crippen molar-refractivity contribution >= 4 is 12.2 Å². The molecule has 0 spiro atoms. The van der Waals surface area contributed by atoms with Crippen LogP contribution in [-0.2, 0) is 6.42 Å². The van der Waals surface area contributed by atoms with Crippen molar-refractivity contribution in [2.45, 2.75) is 31.7 Å². The Morgan fingerprint density at radius 2 is 2.20 bits per heavy atom. The lowest BCUT2D eigenvalue weighted by atomic mass is 9.96. The van der Waals surface area contributed by atoms with Gasteiger partial charge in [0.2, 0.25) is 5.95 Å². The van der Waals surface area contributed by atoms with Gasteiger partial charge in [0.1, 0.15) is 0 Å². The first-order valence-corrected chi connectivity index (χ1v) is 8.58. The first kappa shape index (κ1) is 17.1. The number of hydrogen-bond acceptors (Lipinski definition) is 6. The summed E-state index contributed by atoms with van der Waals surface area (Å²) in [5, 5.41) is 13.3. The van der Waals surface area contributed by atoms with Crippen molar-refractivity contribution < 1.29 is 0 Å². The van der Waals surface area contributed by atoms with Gasteiger partial charge in [0.25, 0.3) is 0 Å². The molecule has 1 aromatic heterocycles. The Hall–Kier alpha value is -2.73. The minimum absolute atomic E-state index is 0.135. The number of aromatic nitrogens is 2. The Labute approximate surface area is 148 Å². The summed E-state index contributed by atoms with van der Waals surface area (Å²) >= 11 is 0. The lowest BCUT2D eigenvalue weighted by Crippen LogP contribution is -2.10. The van der Waals surface area contributed by atoms with Crippen LogP contribution in [0.1, 0.15) is 36.4 Å². The smallest absolute Gasteiger partial charge is 0.227 e. The maximum Gasteiger partial charge on any atom is 0.227 e. The van der Waals surface area contributed by atoms with E-state index >= 15 is 0 Å². The Morgan fingerprint density at radius 1 is 1.32 bits per heavy atom. The second kappa shape index (κ2) is 7.90. The lowest BCUT2D eigenvalue weighted by molar-refractivity contribution is 0.615. The molecule has 1 atom stereocenters. The molecule has 0 saturated heterocycles. The largest absolute Gasteiger partial charge is 0.392 e. The lowest BCUT2D eigenvalue weighted by Gasteiger charge is -2.14. The van der Waals surface area contributed by atoms with Gasteiger partial charge >= 0.3 is 0 Å². The van der Waals surface area contributed by atoms with E-state index < -0.39 is 0 Å². The summed E-state index contributed by atoms with van der Waals surface area (Å²) in [5.41, 5.74) is 11.4. The average molecular weight is 336 g/mol. The summed E-state index contributed by atoms with van der Waals surface area (Å²) < 4.78 is 0. The van der Waals surface area contributed by atoms with Crippen molar-refractivity contribution in [1.29, 1.82) is 5.41 Å². The van der Waals surface area contributed by atoms with Gasteiger partial charge in [0.05, 0.1) is 11.4 Å². The fraction of sp³-hybridized carbons (Fsp3) is 0.316. The minimum atomic E-state index is 0.135. The second-order valence-corrected chi connectivity index (χ2v) is 6.19. The molecule has 25 heavy (non-hydrogen) atoms. The van der Waals surface area contributed by atoms with Crippen LogP contribution in [0.3, 0.4) is 0 Å². The molecule has 0 saturated carbocycles. The van der Waals surface area contributed by atoms with Gasteiger partial charge in [-0.15, -0.1) is 0 Å². The Balaban J connectivity index is 1.90. The third-order valence-electron chi connectivity index (χ3n) is 4.42. The molecule has 1 aliphatic rings. The summed E-state index contributed by atoms with van der Waals surface area (Å²) in [6.07, 6.45) is 9.11. The van der Waals surface area contributed by atoms with E-state index in [9.17, 15) is 0 Å². The zero-order valence-corrected chi connectivity index (χ0v) is 14.4. The highest BCUT2D eigenvalue weighted by Crippen LogP contribution is 2.30. The number of nitrogens with two attached hydrogens (primary N) is 1. The van der Waals surface area contributed by atoms with Crippen molar-refractivity contribution in [1.82, 2.24) is 15.3 Å². The SMILES string of the molecule is CN/C=C(\C=N)Nc1nccc(-c2ccc3c(c2)CCCCC3N)n1. The van der Waals surface area contributed by atoms with Crippen LogP contribution in [0, 0.1) is 5.41 Å². The van der Waals surface area contributed by atoms with E-state index in [4.69, 9.17) is 11.1 Å². The van der Waals surface area contributed by atoms with Crippen LogP contribution >= 0.6 is 0 Å². The molecule has 130 valence electrons. The molecule has 0 radical (unpaired) electrons. The van der Waals surface area contributed by atoms with Crippen molar-refractivity contribution in [2.75, 3.05) is 12.4 Å². The first-order valence-electron chi connectivity index (χ1n) is 8.58. The molecule has 6 heteroatoms. The predicted molar refractivity (Wildman–Crippen MR) is 102 cm³/mol. The van der Waals surface area contributed by atoms with Crippen molar-refractivity contribution in [3.8, 4) is 11.3 Å². The van der Waals surface area contributed by atoms with Crippen LogP contribution < -0.4 is 16.4 Å². The highest BCUT2D eigenvalue weighted by atomic mass is 15.1. The molecule has 0 bridgehead atoms. The number of nitrogens with one attached hydrogen (secondary N) is 3. The molecular formula is C19H24N6. The Morgan fingerprint density at radius 3 is 3.00 bits per heavy atom. The predicted octanol–water partition coefficient (Wildman–Crippen LogP) is 2.99. The minimum Gasteiger partial charge on any atom is -0.392 e. The number of benzene rings is 1. The van der Waals surface area contributed by atoms with E-state index in [-0.39, 0.29) is 6.04 Å². The second-order valence-electron chi connectivity index (χ2n) is 6.19. The van der Waals surface area contributed by atoms with Crippen LogP contribution in [0.25, 0.3) is 11.3 Å². The maximum absolute atomic E-state index is 7.41. The number of nitrogens with zero attached hydrogens (tertiary/aromatic N) is 2. The van der Waals surface area contributed by atoms with Crippen LogP contribution in [0.15, 0.2) is 42.4 Å². The fourth-order valence-corrected chi connectivity index (χ4v) is 3.16. The summed E-state index contributed by atoms with van der Waals surface area (Å²) in [6.45, 7) is 0. The molecule has 0 fully saturated rings. The number of fused-ring (bicyclic) bond motifs is 1. The van der Waals surface area contributed by atoms with Crippen molar-refractivity contribution in [3.05, 3.63) is 53.5 Å². The van der Waals surface area contributed by atoms with Crippen molar-refractivity contribution in [2.24, 2.45) is 5.73 Å². The summed E-state index contributed by atoms with van der Waals surface area (Å²) in [5.74, 6) is 0.467. The van der Waals surface area contributed by atoms with Gasteiger partial charge in [0, 0.05) is 37.3 Å². The number of aryl methyl sites for hydroxylation is 1. The van der Waals surface area contributed by atoms with Crippen molar-refractivity contribution in [3.63, 3.8) is 0 Å². The van der Waals surface area contributed by atoms with Crippen LogP contribution in [0.5, 0.6) is 0 Å². The molecule has 1 unspecified atom stereocenters. The van der Waals surface area contributed by atoms with Crippen LogP contribution in [0.2, 0.25) is 0 Å². The summed E-state index contributed by atoms with van der Waals surface area (Å²) in [6, 6.07) is 8.45. The van der Waals surface area contributed by atoms with E-state index in [1.54, 1.807) is 19.4 Å². The standard InChI is InChI=1S/C19H24N6/c1-22-12-15(11-20)24-19-23-9-8-18(25-19)14-6-7-16-13(10-14)4-2-3-5-17(16)21/h6-12,17,20,22H,2-5,21H2,1H3,(H,23,24,25)/b15-12+,20-11?. The van der Waals surface area contributed by atoms with E-state index in [1.165, 1.54) is 30.2 Å². The highest BCUT2D eigenvalue weighted by Gasteiger charge is 2.16. The van der Waals surface area contributed by atoms with Gasteiger partial charge in [-0.25, -0.2) is 9.97 Å². The molecule has 0 aliphatic heterocycles. The number of rotatable bonds is 5. The molecule has 6 nitrogen and oxygen atoms in total. The number of anilines is 1. The van der Waals surface area contributed by atoms with Gasteiger partial charge in [-0.1, -0.05) is 18.6 Å². The highest BCUT2D eigenvalue weighted by molar-refractivity contribution is 5.79. The van der Waals surface area contributed by atoms with E-state index in [0.717, 1.165) is 24.1 Å². The normalized spacial score (nSPS) is 17.4. The van der Waals surface area contributed by atoms with Gasteiger partial charge in [0.15, 0.2) is 0 Å². The monoisotopic (exact) mass is 336 g/mol. The molecule has 1 aromatic carbocycles. The maximum atomic E-state index is 7.41. The molecule has 3 rings (SSSR count). The van der Waals surface area contributed by atoms with Gasteiger partial charge in [-0.3, -0.25) is 0 Å². The molecular weight excluding hydrogens is 312 g/mol. The van der Waals surface area contributed by atoms with Gasteiger partial charge < -0.3 is 21.8 Å². The Bertz CT molecular complexity index is 783. The molecule has 1 heterocycles. The first-order chi connectivity index (χ1) is 12.2. The molecule has 5 N–H and O–H groups in total. The zero-order valence-electron chi connectivity index (χ0n) is 14.4. The summed E-state index contributed by atoms with van der Waals surface area (Å²) in [4.78, 5) is 8.81. The third kappa shape index (κ3) is 4.03. The van der Waals surface area contributed by atoms with Crippen LogP contribution in [-0.4, -0.2) is 23.2 Å². The topological polar surface area (TPSA) is 99.7 Å². The van der Waals surface area contributed by atoms with E-state index in [1.807, 2.05) is 6.07 Å². The molecule has 1 aliphatic carbocycles. The number of allylic oxidation sites excluding steroid dienone is 1. The van der Waals surface area contributed by atoms with Crippen LogP contribution in [0.4, 0.5) is 5.95 Å². The summed E-state index contributed by atoms with van der Waals surface area (Å²) in [7, 11) is 1.78. The number of hydrogen-bond donors (Lipinski definition) is 4.